The molecular weight excluding hydrogens is 246 g/mol. The van der Waals surface area contributed by atoms with Crippen LogP contribution in [0.25, 0.3) is 0 Å². The van der Waals surface area contributed by atoms with Crippen molar-refractivity contribution < 1.29 is 19.4 Å². The van der Waals surface area contributed by atoms with Crippen LogP contribution in [-0.4, -0.2) is 29.3 Å². The van der Waals surface area contributed by atoms with Crippen LogP contribution in [0, 0.1) is 6.92 Å². The maximum absolute atomic E-state index is 11.9. The van der Waals surface area contributed by atoms with Crippen molar-refractivity contribution in [2.75, 3.05) is 11.5 Å². The van der Waals surface area contributed by atoms with Crippen LogP contribution in [0.3, 0.4) is 0 Å². The number of carboxylic acid groups (broad SMARTS) is 1. The number of anilines is 1. The Bertz CT molecular complexity index is 514. The Hall–Kier alpha value is -2.04. The number of benzene rings is 1. The number of aryl methyl sites for hydroxylation is 1. The molecule has 1 unspecified atom stereocenters. The Morgan fingerprint density at radius 2 is 2.26 bits per heavy atom. The van der Waals surface area contributed by atoms with E-state index in [0.29, 0.717) is 6.42 Å². The number of rotatable bonds is 4. The number of aliphatic carboxylic acids is 1. The minimum Gasteiger partial charge on any atom is -0.481 e. The minimum atomic E-state index is -0.871. The molecule has 5 heteroatoms. The number of carboxylic acids is 1. The van der Waals surface area contributed by atoms with E-state index in [9.17, 15) is 9.59 Å². The van der Waals surface area contributed by atoms with E-state index < -0.39 is 17.6 Å². The van der Waals surface area contributed by atoms with Gasteiger partial charge in [0, 0.05) is 12.1 Å². The molecule has 1 aromatic carbocycles. The lowest BCUT2D eigenvalue weighted by Crippen LogP contribution is -2.45. The first kappa shape index (κ1) is 13.4. The summed E-state index contributed by atoms with van der Waals surface area (Å²) in [6, 6.07) is 7.54. The molecule has 1 aliphatic heterocycles. The van der Waals surface area contributed by atoms with Crippen molar-refractivity contribution in [3.63, 3.8) is 0 Å². The molecule has 1 fully saturated rings. The predicted octanol–water partition coefficient (Wildman–Crippen LogP) is 2.58. The lowest BCUT2D eigenvalue weighted by Gasteiger charge is -2.31. The first-order chi connectivity index (χ1) is 8.92. The highest BCUT2D eigenvalue weighted by atomic mass is 16.6. The lowest BCUT2D eigenvalue weighted by molar-refractivity contribution is -0.137. The van der Waals surface area contributed by atoms with Gasteiger partial charge in [0.05, 0.1) is 5.54 Å². The molecule has 1 atom stereocenters. The van der Waals surface area contributed by atoms with Gasteiger partial charge < -0.3 is 9.84 Å². The van der Waals surface area contributed by atoms with Crippen LogP contribution in [-0.2, 0) is 9.53 Å². The average molecular weight is 263 g/mol. The van der Waals surface area contributed by atoms with E-state index >= 15 is 0 Å². The van der Waals surface area contributed by atoms with Crippen LogP contribution < -0.4 is 4.90 Å². The maximum atomic E-state index is 11.9. The van der Waals surface area contributed by atoms with Crippen LogP contribution >= 0.6 is 0 Å². The molecule has 0 spiro atoms. The highest BCUT2D eigenvalue weighted by Crippen LogP contribution is 2.34. The van der Waals surface area contributed by atoms with E-state index in [1.165, 1.54) is 0 Å². The number of cyclic esters (lactones) is 1. The Kier molecular flexibility index (Phi) is 3.46. The third-order valence-electron chi connectivity index (χ3n) is 3.37. The van der Waals surface area contributed by atoms with Crippen LogP contribution in [0.1, 0.15) is 25.3 Å². The zero-order valence-electron chi connectivity index (χ0n) is 11.0. The molecule has 0 saturated carbocycles. The van der Waals surface area contributed by atoms with Gasteiger partial charge in [-0.15, -0.1) is 0 Å². The molecule has 1 aliphatic rings. The number of hydrogen-bond acceptors (Lipinski definition) is 3. The number of hydrogen-bond donors (Lipinski definition) is 1. The van der Waals surface area contributed by atoms with Gasteiger partial charge in [0.15, 0.2) is 0 Å². The number of carbonyl (C=O) groups is 2. The van der Waals surface area contributed by atoms with Gasteiger partial charge >= 0.3 is 12.1 Å². The summed E-state index contributed by atoms with van der Waals surface area (Å²) >= 11 is 0. The normalized spacial score (nSPS) is 22.4. The van der Waals surface area contributed by atoms with Crippen molar-refractivity contribution in [3.05, 3.63) is 29.8 Å². The molecule has 1 heterocycles. The van der Waals surface area contributed by atoms with Crippen LogP contribution in [0.5, 0.6) is 0 Å². The van der Waals surface area contributed by atoms with Crippen molar-refractivity contribution >= 4 is 17.7 Å². The van der Waals surface area contributed by atoms with Gasteiger partial charge in [-0.3, -0.25) is 9.69 Å². The maximum Gasteiger partial charge on any atom is 0.415 e. The van der Waals surface area contributed by atoms with Crippen LogP contribution in [0.15, 0.2) is 24.3 Å². The second kappa shape index (κ2) is 4.91. The second-order valence-electron chi connectivity index (χ2n) is 5.12. The largest absolute Gasteiger partial charge is 0.481 e. The van der Waals surface area contributed by atoms with Gasteiger partial charge in [-0.2, -0.15) is 0 Å². The van der Waals surface area contributed by atoms with E-state index in [-0.39, 0.29) is 13.0 Å². The average Bonchev–Trinajstić information content (AvgIpc) is 2.64. The molecule has 102 valence electrons. The molecule has 1 saturated heterocycles. The summed E-state index contributed by atoms with van der Waals surface area (Å²) in [5.74, 6) is -0.871. The number of nitrogens with zero attached hydrogens (tertiary/aromatic N) is 1. The summed E-state index contributed by atoms with van der Waals surface area (Å²) in [5, 5.41) is 8.81. The van der Waals surface area contributed by atoms with Crippen LogP contribution in [0.2, 0.25) is 0 Å². The Labute approximate surface area is 111 Å². The first-order valence-electron chi connectivity index (χ1n) is 6.18. The molecule has 1 N–H and O–H groups in total. The van der Waals surface area contributed by atoms with E-state index in [1.807, 2.05) is 38.1 Å². The third kappa shape index (κ3) is 2.70. The lowest BCUT2D eigenvalue weighted by atomic mass is 9.95. The van der Waals surface area contributed by atoms with Crippen molar-refractivity contribution in [2.45, 2.75) is 32.2 Å². The van der Waals surface area contributed by atoms with Gasteiger partial charge in [-0.1, -0.05) is 12.1 Å². The summed E-state index contributed by atoms with van der Waals surface area (Å²) in [6.07, 6.45) is -0.0456. The van der Waals surface area contributed by atoms with Crippen molar-refractivity contribution in [2.24, 2.45) is 0 Å². The van der Waals surface area contributed by atoms with E-state index in [1.54, 1.807) is 4.90 Å². The zero-order chi connectivity index (χ0) is 14.0. The van der Waals surface area contributed by atoms with Gasteiger partial charge in [-0.05, 0) is 38.0 Å². The minimum absolute atomic E-state index is 0.00938. The number of ether oxygens (including phenoxy) is 1. The number of amides is 1. The Morgan fingerprint density at radius 3 is 2.89 bits per heavy atom. The van der Waals surface area contributed by atoms with Gasteiger partial charge in [0.25, 0.3) is 0 Å². The monoisotopic (exact) mass is 263 g/mol. The summed E-state index contributed by atoms with van der Waals surface area (Å²) in [6.45, 7) is 4.01. The SMILES string of the molecule is Cc1cccc(N2C(=O)OCC2(C)CCC(=O)O)c1. The van der Waals surface area contributed by atoms with Crippen LogP contribution in [0.4, 0.5) is 10.5 Å². The molecule has 19 heavy (non-hydrogen) atoms. The summed E-state index contributed by atoms with van der Waals surface area (Å²) in [5.41, 5.74) is 1.18. The first-order valence-corrected chi connectivity index (χ1v) is 6.18. The third-order valence-corrected chi connectivity index (χ3v) is 3.37. The number of carbonyl (C=O) groups excluding carboxylic acids is 1. The quantitative estimate of drug-likeness (QED) is 0.906. The van der Waals surface area contributed by atoms with E-state index in [0.717, 1.165) is 11.3 Å². The fourth-order valence-electron chi connectivity index (χ4n) is 2.31. The molecule has 0 bridgehead atoms. The molecule has 2 rings (SSSR count). The Balaban J connectivity index is 2.29. The second-order valence-corrected chi connectivity index (χ2v) is 5.12. The summed E-state index contributed by atoms with van der Waals surface area (Å²) in [4.78, 5) is 24.2. The van der Waals surface area contributed by atoms with Gasteiger partial charge in [-0.25, -0.2) is 4.79 Å². The topological polar surface area (TPSA) is 66.8 Å². The molecule has 0 aromatic heterocycles. The highest BCUT2D eigenvalue weighted by Gasteiger charge is 2.44. The van der Waals surface area contributed by atoms with Crippen molar-refractivity contribution in [1.82, 2.24) is 0 Å². The standard InChI is InChI=1S/C14H17NO4/c1-10-4-3-5-11(8-10)15-13(18)19-9-14(15,2)7-6-12(16)17/h3-5,8H,6-7,9H2,1-2H3,(H,16,17). The fraction of sp³-hybridized carbons (Fsp3) is 0.429. The molecular formula is C14H17NO4. The van der Waals surface area contributed by atoms with Crippen molar-refractivity contribution in [1.29, 1.82) is 0 Å². The van der Waals surface area contributed by atoms with E-state index in [4.69, 9.17) is 9.84 Å². The molecule has 0 radical (unpaired) electrons. The van der Waals surface area contributed by atoms with Gasteiger partial charge in [0.2, 0.25) is 0 Å². The fourth-order valence-corrected chi connectivity index (χ4v) is 2.31. The summed E-state index contributed by atoms with van der Waals surface area (Å²) in [7, 11) is 0. The smallest absolute Gasteiger partial charge is 0.415 e. The molecule has 1 aromatic rings. The molecule has 5 nitrogen and oxygen atoms in total. The Morgan fingerprint density at radius 1 is 1.53 bits per heavy atom. The van der Waals surface area contributed by atoms with Crippen molar-refractivity contribution in [3.8, 4) is 0 Å². The summed E-state index contributed by atoms with van der Waals surface area (Å²) < 4.78 is 5.10. The zero-order valence-corrected chi connectivity index (χ0v) is 11.0. The predicted molar refractivity (Wildman–Crippen MR) is 70.3 cm³/mol. The van der Waals surface area contributed by atoms with Gasteiger partial charge in [0.1, 0.15) is 6.61 Å². The molecule has 1 amide bonds. The van der Waals surface area contributed by atoms with E-state index in [2.05, 4.69) is 0 Å². The molecule has 0 aliphatic carbocycles. The highest BCUT2D eigenvalue weighted by molar-refractivity contribution is 5.91.